The number of carbonyl (C=O) groups is 1. The number of methoxy groups -OCH3 is 1. The third kappa shape index (κ3) is 4.58. The minimum Gasteiger partial charge on any atom is -0.497 e. The van der Waals surface area contributed by atoms with E-state index in [1.165, 1.54) is 11.1 Å². The summed E-state index contributed by atoms with van der Waals surface area (Å²) in [5, 5.41) is 14.1. The molecule has 1 amide bonds. The molecule has 0 aromatic heterocycles. The number of fused-ring (bicyclic) bond motifs is 2. The van der Waals surface area contributed by atoms with E-state index >= 15 is 0 Å². The highest BCUT2D eigenvalue weighted by Gasteiger charge is 2.36. The second kappa shape index (κ2) is 9.61. The van der Waals surface area contributed by atoms with Crippen LogP contribution in [0.4, 0.5) is 10.5 Å². The zero-order chi connectivity index (χ0) is 22.7. The average molecular weight is 438 g/mol. The highest BCUT2D eigenvalue weighted by atomic mass is 16.6. The second-order valence-corrected chi connectivity index (χ2v) is 8.32. The van der Waals surface area contributed by atoms with Gasteiger partial charge in [-0.1, -0.05) is 18.2 Å². The molecule has 0 radical (unpaired) electrons. The molecule has 7 nitrogen and oxygen atoms in total. The first-order chi connectivity index (χ1) is 15.5. The number of allylic oxidation sites excluding steroid dienone is 4. The molecule has 1 saturated heterocycles. The van der Waals surface area contributed by atoms with Gasteiger partial charge in [0.25, 0.3) is 0 Å². The number of hydrogen-bond acceptors (Lipinski definition) is 6. The lowest BCUT2D eigenvalue weighted by Crippen LogP contribution is -2.41. The van der Waals surface area contributed by atoms with Crippen LogP contribution in [0.1, 0.15) is 26.7 Å². The van der Waals surface area contributed by atoms with Gasteiger partial charge >= 0.3 is 6.09 Å². The van der Waals surface area contributed by atoms with Crippen molar-refractivity contribution in [2.24, 2.45) is 10.9 Å². The maximum absolute atomic E-state index is 12.2. The van der Waals surface area contributed by atoms with E-state index in [-0.39, 0.29) is 12.0 Å². The third-order valence-corrected chi connectivity index (χ3v) is 6.13. The van der Waals surface area contributed by atoms with E-state index in [9.17, 15) is 9.90 Å². The van der Waals surface area contributed by atoms with Crippen molar-refractivity contribution >= 4 is 17.5 Å². The molecule has 1 aromatic carbocycles. The topological polar surface area (TPSA) is 83.4 Å². The largest absolute Gasteiger partial charge is 0.497 e. The maximum atomic E-state index is 12.2. The van der Waals surface area contributed by atoms with E-state index in [1.807, 2.05) is 31.2 Å². The van der Waals surface area contributed by atoms with E-state index in [0.29, 0.717) is 32.7 Å². The Morgan fingerprint density at radius 3 is 3.03 bits per heavy atom. The van der Waals surface area contributed by atoms with Gasteiger partial charge < -0.3 is 24.8 Å². The Morgan fingerprint density at radius 2 is 2.25 bits per heavy atom. The van der Waals surface area contributed by atoms with Crippen LogP contribution in [-0.2, 0) is 4.74 Å². The van der Waals surface area contributed by atoms with Crippen molar-refractivity contribution in [3.8, 4) is 5.75 Å². The summed E-state index contributed by atoms with van der Waals surface area (Å²) in [6.07, 6.45) is 4.82. The second-order valence-electron chi connectivity index (χ2n) is 8.32. The summed E-state index contributed by atoms with van der Waals surface area (Å²) < 4.78 is 10.4. The minimum atomic E-state index is -0.521. The van der Waals surface area contributed by atoms with Gasteiger partial charge in [0, 0.05) is 30.8 Å². The molecule has 2 aliphatic heterocycles. The van der Waals surface area contributed by atoms with Crippen LogP contribution in [0.15, 0.2) is 63.8 Å². The molecule has 0 bridgehead atoms. The van der Waals surface area contributed by atoms with Gasteiger partial charge in [-0.3, -0.25) is 4.99 Å². The Labute approximate surface area is 189 Å². The number of rotatable bonds is 7. The Balaban J connectivity index is 1.44. The van der Waals surface area contributed by atoms with Gasteiger partial charge in [-0.05, 0) is 55.5 Å². The number of carbonyl (C=O) groups excluding carboxylic acids is 1. The number of likely N-dealkylation sites (tertiary alicyclic amines) is 1. The molecule has 0 spiro atoms. The third-order valence-electron chi connectivity index (χ3n) is 6.13. The fourth-order valence-corrected chi connectivity index (χ4v) is 4.53. The molecule has 1 aliphatic carbocycles. The summed E-state index contributed by atoms with van der Waals surface area (Å²) in [5.41, 5.74) is 6.43. The molecule has 4 rings (SSSR count). The van der Waals surface area contributed by atoms with E-state index < -0.39 is 6.10 Å². The Bertz CT molecular complexity index is 1010. The van der Waals surface area contributed by atoms with Crippen molar-refractivity contribution in [3.05, 3.63) is 58.8 Å². The normalized spacial score (nSPS) is 20.6. The Morgan fingerprint density at radius 1 is 1.41 bits per heavy atom. The summed E-state index contributed by atoms with van der Waals surface area (Å²) in [6, 6.07) is 7.68. The van der Waals surface area contributed by atoms with Crippen molar-refractivity contribution in [3.63, 3.8) is 0 Å². The molecule has 1 aromatic rings. The van der Waals surface area contributed by atoms with Crippen LogP contribution in [0.3, 0.4) is 0 Å². The summed E-state index contributed by atoms with van der Waals surface area (Å²) in [7, 11) is 1.64. The summed E-state index contributed by atoms with van der Waals surface area (Å²) in [5.74, 6) is 0.878. The fourth-order valence-electron chi connectivity index (χ4n) is 4.53. The van der Waals surface area contributed by atoms with E-state index in [1.54, 1.807) is 12.0 Å². The van der Waals surface area contributed by atoms with Crippen molar-refractivity contribution < 1.29 is 19.4 Å². The van der Waals surface area contributed by atoms with Crippen LogP contribution in [0.25, 0.3) is 0 Å². The molecule has 2 atom stereocenters. The minimum absolute atomic E-state index is 0.0983. The van der Waals surface area contributed by atoms with Crippen LogP contribution in [0, 0.1) is 5.92 Å². The van der Waals surface area contributed by atoms with Crippen LogP contribution in [0.5, 0.6) is 5.75 Å². The lowest BCUT2D eigenvalue weighted by molar-refractivity contribution is 0.112. The molecular weight excluding hydrogens is 406 g/mol. The number of aliphatic hydroxyl groups is 1. The standard InChI is InChI=1S/C25H31N3O4/c1-4-32-25(30)28-11-10-21-22(15-28)27-24-16(2)8-9-17(23(21)24)12-19(29)14-26-18-6-5-7-20(13-18)31-3/h5-9,13,17,19,26,29H,4,10-12,14-15H2,1-3H3. The molecular formula is C25H31N3O4. The summed E-state index contributed by atoms with van der Waals surface area (Å²) in [4.78, 5) is 18.8. The fraction of sp³-hybridized carbons (Fsp3) is 0.440. The van der Waals surface area contributed by atoms with Gasteiger partial charge in [0.2, 0.25) is 0 Å². The highest BCUT2D eigenvalue weighted by molar-refractivity contribution is 6.08. The molecule has 3 aliphatic rings. The number of anilines is 1. The number of nitrogens with one attached hydrogen (secondary N) is 1. The van der Waals surface area contributed by atoms with Gasteiger partial charge in [0.15, 0.2) is 0 Å². The van der Waals surface area contributed by atoms with E-state index in [2.05, 4.69) is 24.4 Å². The predicted octanol–water partition coefficient (Wildman–Crippen LogP) is 3.93. The van der Waals surface area contributed by atoms with E-state index in [0.717, 1.165) is 34.8 Å². The predicted molar refractivity (Wildman–Crippen MR) is 125 cm³/mol. The molecule has 2 unspecified atom stereocenters. The number of amides is 1. The Kier molecular flexibility index (Phi) is 6.65. The SMILES string of the molecule is CCOC(=O)N1CCC2=C3C(=C(C)C=CC3CC(O)CNc3cccc(OC)c3)N=C2C1. The van der Waals surface area contributed by atoms with Gasteiger partial charge in [0.1, 0.15) is 5.75 Å². The van der Waals surface area contributed by atoms with Crippen molar-refractivity contribution in [2.45, 2.75) is 32.8 Å². The zero-order valence-corrected chi connectivity index (χ0v) is 18.9. The van der Waals surface area contributed by atoms with Crippen molar-refractivity contribution in [1.29, 1.82) is 0 Å². The highest BCUT2D eigenvalue weighted by Crippen LogP contribution is 2.42. The molecule has 2 heterocycles. The first kappa shape index (κ1) is 22.1. The quantitative estimate of drug-likeness (QED) is 0.675. The first-order valence-corrected chi connectivity index (χ1v) is 11.2. The average Bonchev–Trinajstić information content (AvgIpc) is 3.20. The van der Waals surface area contributed by atoms with Gasteiger partial charge in [-0.25, -0.2) is 4.79 Å². The lowest BCUT2D eigenvalue weighted by atomic mass is 9.81. The van der Waals surface area contributed by atoms with E-state index in [4.69, 9.17) is 14.5 Å². The van der Waals surface area contributed by atoms with Crippen LogP contribution in [0.2, 0.25) is 0 Å². The van der Waals surface area contributed by atoms with Gasteiger partial charge in [0.05, 0.1) is 37.8 Å². The number of nitrogens with zero attached hydrogens (tertiary/aromatic N) is 2. The number of aliphatic imine (C=N–C) groups is 1. The Hall–Kier alpha value is -3.06. The number of hydrogen-bond donors (Lipinski definition) is 2. The molecule has 2 N–H and O–H groups in total. The zero-order valence-electron chi connectivity index (χ0n) is 18.9. The maximum Gasteiger partial charge on any atom is 0.410 e. The van der Waals surface area contributed by atoms with Crippen LogP contribution >= 0.6 is 0 Å². The molecule has 7 heteroatoms. The summed E-state index contributed by atoms with van der Waals surface area (Å²) in [6.45, 7) is 5.79. The molecule has 32 heavy (non-hydrogen) atoms. The molecule has 1 fully saturated rings. The number of piperidine rings is 1. The first-order valence-electron chi connectivity index (χ1n) is 11.2. The molecule has 0 saturated carbocycles. The van der Waals surface area contributed by atoms with Crippen molar-refractivity contribution in [1.82, 2.24) is 4.90 Å². The monoisotopic (exact) mass is 437 g/mol. The molecule has 170 valence electrons. The van der Waals surface area contributed by atoms with Gasteiger partial charge in [-0.2, -0.15) is 0 Å². The van der Waals surface area contributed by atoms with Crippen LogP contribution in [-0.4, -0.2) is 61.3 Å². The van der Waals surface area contributed by atoms with Crippen molar-refractivity contribution in [2.75, 3.05) is 38.7 Å². The van der Waals surface area contributed by atoms with Gasteiger partial charge in [-0.15, -0.1) is 0 Å². The lowest BCUT2D eigenvalue weighted by Gasteiger charge is -2.29. The number of aliphatic hydroxyl groups excluding tert-OH is 1. The number of ether oxygens (including phenoxy) is 2. The summed E-state index contributed by atoms with van der Waals surface area (Å²) >= 11 is 0. The smallest absolute Gasteiger partial charge is 0.410 e. The van der Waals surface area contributed by atoms with Crippen LogP contribution < -0.4 is 10.1 Å². The number of benzene rings is 1.